The van der Waals surface area contributed by atoms with Crippen molar-refractivity contribution in [2.24, 2.45) is 0 Å². The molecule has 0 aliphatic carbocycles. The third kappa shape index (κ3) is 3.59. The molecule has 0 aliphatic rings. The van der Waals surface area contributed by atoms with Gasteiger partial charge in [0.2, 0.25) is 0 Å². The van der Waals surface area contributed by atoms with E-state index in [1.54, 1.807) is 18.2 Å². The first kappa shape index (κ1) is 15.5. The molecular formula is C19H21FO. The Kier molecular flexibility index (Phi) is 4.92. The van der Waals surface area contributed by atoms with Gasteiger partial charge in [-0.2, -0.15) is 0 Å². The molecule has 1 nitrogen and oxygen atoms in total. The Bertz CT molecular complexity index is 576. The van der Waals surface area contributed by atoms with Gasteiger partial charge in [0.15, 0.2) is 0 Å². The number of halogens is 1. The molecule has 0 aliphatic heterocycles. The molecule has 0 aromatic heterocycles. The van der Waals surface area contributed by atoms with Crippen LogP contribution in [0.3, 0.4) is 0 Å². The van der Waals surface area contributed by atoms with Crippen molar-refractivity contribution < 1.29 is 9.50 Å². The molecule has 2 aromatic rings. The van der Waals surface area contributed by atoms with Crippen LogP contribution in [-0.4, -0.2) is 11.2 Å². The lowest BCUT2D eigenvalue weighted by atomic mass is 9.75. The van der Waals surface area contributed by atoms with Crippen molar-refractivity contribution in [3.8, 4) is 0 Å². The summed E-state index contributed by atoms with van der Waals surface area (Å²) in [6, 6.07) is 16.3. The highest BCUT2D eigenvalue weighted by atomic mass is 19.1. The summed E-state index contributed by atoms with van der Waals surface area (Å²) >= 11 is 0. The number of hydrogen-bond acceptors (Lipinski definition) is 1. The van der Waals surface area contributed by atoms with Crippen molar-refractivity contribution in [3.05, 3.63) is 84.2 Å². The van der Waals surface area contributed by atoms with E-state index in [0.29, 0.717) is 6.42 Å². The van der Waals surface area contributed by atoms with Gasteiger partial charge in [-0.15, -0.1) is 6.58 Å². The molecule has 0 bridgehead atoms. The summed E-state index contributed by atoms with van der Waals surface area (Å²) in [5.41, 5.74) is 1.49. The zero-order valence-electron chi connectivity index (χ0n) is 12.3. The second-order valence-corrected chi connectivity index (χ2v) is 5.53. The SMILES string of the molecule is C=C[C@](C)(c1ccc(F)cc1)[C@H](O)CCc1ccccc1. The molecule has 2 rings (SSSR count). The molecule has 0 spiro atoms. The van der Waals surface area contributed by atoms with Crippen LogP contribution < -0.4 is 0 Å². The Balaban J connectivity index is 2.12. The van der Waals surface area contributed by atoms with E-state index in [9.17, 15) is 9.50 Å². The monoisotopic (exact) mass is 284 g/mol. The summed E-state index contributed by atoms with van der Waals surface area (Å²) in [5.74, 6) is -0.274. The van der Waals surface area contributed by atoms with E-state index in [1.807, 2.05) is 25.1 Å². The summed E-state index contributed by atoms with van der Waals surface area (Å²) in [5, 5.41) is 10.6. The maximum atomic E-state index is 13.1. The Morgan fingerprint density at radius 2 is 1.76 bits per heavy atom. The minimum absolute atomic E-state index is 0.274. The fourth-order valence-electron chi connectivity index (χ4n) is 2.50. The molecule has 0 radical (unpaired) electrons. The molecule has 2 heteroatoms. The minimum atomic E-state index is -0.581. The van der Waals surface area contributed by atoms with Gasteiger partial charge in [0.1, 0.15) is 5.82 Å². The van der Waals surface area contributed by atoms with Crippen molar-refractivity contribution in [2.75, 3.05) is 0 Å². The van der Waals surface area contributed by atoms with Crippen molar-refractivity contribution >= 4 is 0 Å². The molecule has 2 aromatic carbocycles. The van der Waals surface area contributed by atoms with E-state index >= 15 is 0 Å². The van der Waals surface area contributed by atoms with Crippen LogP contribution >= 0.6 is 0 Å². The van der Waals surface area contributed by atoms with Crippen LogP contribution in [0.1, 0.15) is 24.5 Å². The number of rotatable bonds is 6. The van der Waals surface area contributed by atoms with E-state index in [2.05, 4.69) is 18.7 Å². The Morgan fingerprint density at radius 3 is 2.33 bits per heavy atom. The lowest BCUT2D eigenvalue weighted by molar-refractivity contribution is 0.106. The average Bonchev–Trinajstić information content (AvgIpc) is 2.53. The summed E-state index contributed by atoms with van der Waals surface area (Å²) < 4.78 is 13.1. The summed E-state index contributed by atoms with van der Waals surface area (Å²) in [6.07, 6.45) is 2.60. The molecule has 0 unspecified atom stereocenters. The van der Waals surface area contributed by atoms with Gasteiger partial charge in [-0.3, -0.25) is 0 Å². The van der Waals surface area contributed by atoms with Gasteiger partial charge in [0, 0.05) is 5.41 Å². The predicted molar refractivity (Wildman–Crippen MR) is 84.7 cm³/mol. The number of aryl methyl sites for hydroxylation is 1. The first-order valence-corrected chi connectivity index (χ1v) is 7.18. The zero-order valence-corrected chi connectivity index (χ0v) is 12.3. The van der Waals surface area contributed by atoms with Crippen LogP contribution in [0.4, 0.5) is 4.39 Å². The molecule has 0 heterocycles. The van der Waals surface area contributed by atoms with Crippen molar-refractivity contribution in [1.82, 2.24) is 0 Å². The van der Waals surface area contributed by atoms with E-state index in [1.165, 1.54) is 17.7 Å². The Hall–Kier alpha value is -1.93. The highest BCUT2D eigenvalue weighted by molar-refractivity contribution is 5.31. The third-order valence-electron chi connectivity index (χ3n) is 4.13. The lowest BCUT2D eigenvalue weighted by Crippen LogP contribution is -2.35. The minimum Gasteiger partial charge on any atom is -0.392 e. The van der Waals surface area contributed by atoms with Gasteiger partial charge in [0.25, 0.3) is 0 Å². The van der Waals surface area contributed by atoms with Gasteiger partial charge < -0.3 is 5.11 Å². The zero-order chi connectivity index (χ0) is 15.3. The van der Waals surface area contributed by atoms with Crippen LogP contribution in [0.5, 0.6) is 0 Å². The normalized spacial score (nSPS) is 15.2. The van der Waals surface area contributed by atoms with E-state index < -0.39 is 11.5 Å². The fourth-order valence-corrected chi connectivity index (χ4v) is 2.50. The van der Waals surface area contributed by atoms with Crippen LogP contribution in [-0.2, 0) is 11.8 Å². The fraction of sp³-hybridized carbons (Fsp3) is 0.263. The molecule has 110 valence electrons. The summed E-state index contributed by atoms with van der Waals surface area (Å²) in [6.45, 7) is 5.79. The Labute approximate surface area is 125 Å². The third-order valence-corrected chi connectivity index (χ3v) is 4.13. The maximum absolute atomic E-state index is 13.1. The number of aliphatic hydroxyl groups is 1. The molecule has 0 saturated heterocycles. The van der Waals surface area contributed by atoms with Gasteiger partial charge in [0.05, 0.1) is 6.10 Å². The first-order chi connectivity index (χ1) is 10.1. The summed E-state index contributed by atoms with van der Waals surface area (Å²) in [4.78, 5) is 0. The molecule has 0 amide bonds. The van der Waals surface area contributed by atoms with Crippen molar-refractivity contribution in [3.63, 3.8) is 0 Å². The van der Waals surface area contributed by atoms with Crippen molar-refractivity contribution in [1.29, 1.82) is 0 Å². The van der Waals surface area contributed by atoms with Gasteiger partial charge >= 0.3 is 0 Å². The van der Waals surface area contributed by atoms with Crippen LogP contribution in [0.15, 0.2) is 67.3 Å². The standard InChI is InChI=1S/C19H21FO/c1-3-19(2,16-10-12-17(20)13-11-16)18(21)14-9-15-7-5-4-6-8-15/h3-8,10-13,18,21H,1,9,14H2,2H3/t18-,19-/m1/s1. The quantitative estimate of drug-likeness (QED) is 0.786. The molecular weight excluding hydrogens is 263 g/mol. The maximum Gasteiger partial charge on any atom is 0.123 e. The van der Waals surface area contributed by atoms with E-state index in [0.717, 1.165) is 12.0 Å². The van der Waals surface area contributed by atoms with Crippen LogP contribution in [0.25, 0.3) is 0 Å². The van der Waals surface area contributed by atoms with Crippen molar-refractivity contribution in [2.45, 2.75) is 31.3 Å². The smallest absolute Gasteiger partial charge is 0.123 e. The molecule has 1 N–H and O–H groups in total. The van der Waals surface area contributed by atoms with Gasteiger partial charge in [-0.05, 0) is 43.0 Å². The first-order valence-electron chi connectivity index (χ1n) is 7.18. The largest absolute Gasteiger partial charge is 0.392 e. The number of hydrogen-bond donors (Lipinski definition) is 1. The molecule has 21 heavy (non-hydrogen) atoms. The van der Waals surface area contributed by atoms with Gasteiger partial charge in [-0.1, -0.05) is 48.5 Å². The topological polar surface area (TPSA) is 20.2 Å². The van der Waals surface area contributed by atoms with E-state index in [-0.39, 0.29) is 5.82 Å². The van der Waals surface area contributed by atoms with Crippen LogP contribution in [0.2, 0.25) is 0 Å². The number of benzene rings is 2. The number of aliphatic hydroxyl groups excluding tert-OH is 1. The highest BCUT2D eigenvalue weighted by Crippen LogP contribution is 2.31. The molecule has 0 saturated carbocycles. The summed E-state index contributed by atoms with van der Waals surface area (Å²) in [7, 11) is 0. The predicted octanol–water partition coefficient (Wildman–Crippen LogP) is 4.26. The second kappa shape index (κ2) is 6.68. The highest BCUT2D eigenvalue weighted by Gasteiger charge is 2.31. The van der Waals surface area contributed by atoms with Crippen LogP contribution in [0, 0.1) is 5.82 Å². The average molecular weight is 284 g/mol. The molecule has 2 atom stereocenters. The second-order valence-electron chi connectivity index (χ2n) is 5.53. The molecule has 0 fully saturated rings. The van der Waals surface area contributed by atoms with E-state index in [4.69, 9.17) is 0 Å². The Morgan fingerprint density at radius 1 is 1.14 bits per heavy atom. The lowest BCUT2D eigenvalue weighted by Gasteiger charge is -2.32. The van der Waals surface area contributed by atoms with Gasteiger partial charge in [-0.25, -0.2) is 4.39 Å².